The molecule has 0 fully saturated rings. The third kappa shape index (κ3) is 4.32. The highest BCUT2D eigenvalue weighted by Gasteiger charge is 2.21. The smallest absolute Gasteiger partial charge is 0.0910 e. The second kappa shape index (κ2) is 8.65. The number of aliphatic hydroxyl groups is 2. The Labute approximate surface area is 186 Å². The molecule has 2 heterocycles. The van der Waals surface area contributed by atoms with Crippen LogP contribution in [0, 0.1) is 0 Å². The second-order valence-corrected chi connectivity index (χ2v) is 9.18. The average Bonchev–Trinajstić information content (AvgIpc) is 3.17. The predicted molar refractivity (Wildman–Crippen MR) is 123 cm³/mol. The summed E-state index contributed by atoms with van der Waals surface area (Å²) in [7, 11) is 1.94. The fraction of sp³-hybridized carbons (Fsp3) is 0.333. The van der Waals surface area contributed by atoms with Gasteiger partial charge in [-0.1, -0.05) is 31.9 Å². The van der Waals surface area contributed by atoms with Gasteiger partial charge in [-0.2, -0.15) is 0 Å². The van der Waals surface area contributed by atoms with Crippen LogP contribution in [-0.4, -0.2) is 51.1 Å². The van der Waals surface area contributed by atoms with E-state index in [2.05, 4.69) is 66.2 Å². The van der Waals surface area contributed by atoms with Gasteiger partial charge in [-0.15, -0.1) is 5.53 Å². The van der Waals surface area contributed by atoms with E-state index < -0.39 is 6.10 Å². The van der Waals surface area contributed by atoms with Gasteiger partial charge in [0.05, 0.1) is 19.2 Å². The molecule has 0 bridgehead atoms. The maximum Gasteiger partial charge on any atom is 0.0910 e. The van der Waals surface area contributed by atoms with Crippen molar-refractivity contribution in [2.24, 2.45) is 0 Å². The molecular formula is C21H24Br2N4O2. The lowest BCUT2D eigenvalue weighted by Gasteiger charge is -2.23. The van der Waals surface area contributed by atoms with Gasteiger partial charge < -0.3 is 14.8 Å². The van der Waals surface area contributed by atoms with Crippen LogP contribution in [0.3, 0.4) is 0 Å². The Balaban J connectivity index is 1.58. The fourth-order valence-electron chi connectivity index (χ4n) is 3.88. The average molecular weight is 524 g/mol. The summed E-state index contributed by atoms with van der Waals surface area (Å²) in [6, 6.07) is 12.5. The Bertz CT molecular complexity index is 1010. The van der Waals surface area contributed by atoms with E-state index in [1.54, 1.807) is 0 Å². The molecule has 29 heavy (non-hydrogen) atoms. The number of nitrogens with one attached hydrogen (secondary N) is 1. The van der Waals surface area contributed by atoms with Crippen LogP contribution in [0.25, 0.3) is 21.8 Å². The summed E-state index contributed by atoms with van der Waals surface area (Å²) in [6.07, 6.45) is 2.96. The number of hydrogen-bond acceptors (Lipinski definition) is 5. The molecule has 154 valence electrons. The SMILES string of the molecule is CN1NN(CC(O)Cn2c3ccc(Br)cc3c3cc(Br)ccc32)C=C1CCCO. The molecule has 1 aliphatic heterocycles. The number of aromatic nitrogens is 1. The minimum atomic E-state index is -0.560. The van der Waals surface area contributed by atoms with Crippen LogP contribution in [0.4, 0.5) is 0 Å². The van der Waals surface area contributed by atoms with Gasteiger partial charge in [0.1, 0.15) is 0 Å². The minimum Gasteiger partial charge on any atom is -0.396 e. The van der Waals surface area contributed by atoms with Crippen molar-refractivity contribution in [3.8, 4) is 0 Å². The normalized spacial score (nSPS) is 15.6. The minimum absolute atomic E-state index is 0.174. The van der Waals surface area contributed by atoms with E-state index in [4.69, 9.17) is 5.11 Å². The summed E-state index contributed by atoms with van der Waals surface area (Å²) in [5, 5.41) is 26.0. The molecule has 0 saturated carbocycles. The summed E-state index contributed by atoms with van der Waals surface area (Å²) in [6.45, 7) is 1.12. The zero-order valence-corrected chi connectivity index (χ0v) is 19.3. The number of halogens is 2. The molecule has 0 spiro atoms. The highest BCUT2D eigenvalue weighted by atomic mass is 79.9. The second-order valence-electron chi connectivity index (χ2n) is 7.35. The van der Waals surface area contributed by atoms with Crippen molar-refractivity contribution in [3.05, 3.63) is 57.2 Å². The van der Waals surface area contributed by atoms with Crippen molar-refractivity contribution in [1.29, 1.82) is 0 Å². The highest BCUT2D eigenvalue weighted by molar-refractivity contribution is 9.10. The lowest BCUT2D eigenvalue weighted by molar-refractivity contribution is 0.0709. The predicted octanol–water partition coefficient (Wildman–Crippen LogP) is 3.96. The molecule has 6 nitrogen and oxygen atoms in total. The number of fused-ring (bicyclic) bond motifs is 3. The Morgan fingerprint density at radius 1 is 1.00 bits per heavy atom. The fourth-order valence-corrected chi connectivity index (χ4v) is 4.60. The number of benzene rings is 2. The van der Waals surface area contributed by atoms with Crippen molar-refractivity contribution in [1.82, 2.24) is 20.1 Å². The Hall–Kier alpha value is -1.58. The van der Waals surface area contributed by atoms with Gasteiger partial charge in [0.25, 0.3) is 0 Å². The van der Waals surface area contributed by atoms with Crippen molar-refractivity contribution < 1.29 is 10.2 Å². The number of allylic oxidation sites excluding steroid dienone is 1. The molecule has 0 aliphatic carbocycles. The molecule has 0 amide bonds. The molecular weight excluding hydrogens is 500 g/mol. The highest BCUT2D eigenvalue weighted by Crippen LogP contribution is 2.33. The zero-order valence-electron chi connectivity index (χ0n) is 16.1. The summed E-state index contributed by atoms with van der Waals surface area (Å²) in [5.41, 5.74) is 6.52. The van der Waals surface area contributed by atoms with E-state index in [0.717, 1.165) is 49.3 Å². The van der Waals surface area contributed by atoms with Crippen LogP contribution in [-0.2, 0) is 6.54 Å². The summed E-state index contributed by atoms with van der Waals surface area (Å²) in [4.78, 5) is 0. The molecule has 1 unspecified atom stereocenters. The van der Waals surface area contributed by atoms with Gasteiger partial charge in [0.15, 0.2) is 0 Å². The van der Waals surface area contributed by atoms with Gasteiger partial charge in [-0.05, 0) is 49.2 Å². The van der Waals surface area contributed by atoms with Crippen LogP contribution in [0.5, 0.6) is 0 Å². The third-order valence-corrected chi connectivity index (χ3v) is 6.18. The molecule has 3 aromatic rings. The van der Waals surface area contributed by atoms with Gasteiger partial charge in [-0.25, -0.2) is 0 Å². The number of hydrazine groups is 2. The van der Waals surface area contributed by atoms with Crippen LogP contribution < -0.4 is 5.53 Å². The molecule has 8 heteroatoms. The van der Waals surface area contributed by atoms with Gasteiger partial charge >= 0.3 is 0 Å². The van der Waals surface area contributed by atoms with Gasteiger partial charge in [0, 0.05) is 56.3 Å². The molecule has 0 radical (unpaired) electrons. The molecule has 1 atom stereocenters. The first-order valence-corrected chi connectivity index (χ1v) is 11.2. The largest absolute Gasteiger partial charge is 0.396 e. The third-order valence-electron chi connectivity index (χ3n) is 5.19. The topological polar surface area (TPSA) is 63.9 Å². The van der Waals surface area contributed by atoms with Crippen LogP contribution >= 0.6 is 31.9 Å². The van der Waals surface area contributed by atoms with Crippen molar-refractivity contribution >= 4 is 53.7 Å². The van der Waals surface area contributed by atoms with Crippen LogP contribution in [0.15, 0.2) is 57.2 Å². The van der Waals surface area contributed by atoms with E-state index in [1.165, 1.54) is 0 Å². The summed E-state index contributed by atoms with van der Waals surface area (Å²) < 4.78 is 4.26. The molecule has 4 rings (SSSR count). The first kappa shape index (κ1) is 20.7. The summed E-state index contributed by atoms with van der Waals surface area (Å²) >= 11 is 7.14. The van der Waals surface area contributed by atoms with Gasteiger partial charge in [0.2, 0.25) is 0 Å². The number of aliphatic hydroxyl groups excluding tert-OH is 2. The zero-order chi connectivity index (χ0) is 20.5. The quantitative estimate of drug-likeness (QED) is 0.437. The number of β-amino-alcohol motifs (C(OH)–C–C–N with tert-alkyl or cyclic N) is 1. The van der Waals surface area contributed by atoms with E-state index in [9.17, 15) is 5.11 Å². The number of rotatable bonds is 7. The van der Waals surface area contributed by atoms with Crippen molar-refractivity contribution in [2.45, 2.75) is 25.5 Å². The van der Waals surface area contributed by atoms with Crippen LogP contribution in [0.2, 0.25) is 0 Å². The lowest BCUT2D eigenvalue weighted by atomic mass is 10.2. The van der Waals surface area contributed by atoms with Gasteiger partial charge in [-0.3, -0.25) is 10.0 Å². The Morgan fingerprint density at radius 3 is 2.21 bits per heavy atom. The lowest BCUT2D eigenvalue weighted by Crippen LogP contribution is -2.42. The monoisotopic (exact) mass is 522 g/mol. The molecule has 1 aliphatic rings. The standard InChI is InChI=1S/C21H24Br2N4O2/c1-25-16(3-2-8-28)11-26(24-25)12-17(29)13-27-20-6-4-14(22)9-18(20)19-10-15(23)5-7-21(19)27/h4-7,9-11,17,24,28-29H,2-3,8,12-13H2,1H3. The van der Waals surface area contributed by atoms with E-state index in [0.29, 0.717) is 13.1 Å². The maximum atomic E-state index is 10.8. The van der Waals surface area contributed by atoms with E-state index >= 15 is 0 Å². The number of hydrogen-bond donors (Lipinski definition) is 3. The first-order chi connectivity index (χ1) is 14.0. The number of nitrogens with zero attached hydrogens (tertiary/aromatic N) is 3. The Kier molecular flexibility index (Phi) is 6.17. The van der Waals surface area contributed by atoms with Crippen molar-refractivity contribution in [3.63, 3.8) is 0 Å². The molecule has 1 aromatic heterocycles. The maximum absolute atomic E-state index is 10.8. The molecule has 3 N–H and O–H groups in total. The Morgan fingerprint density at radius 2 is 1.62 bits per heavy atom. The first-order valence-electron chi connectivity index (χ1n) is 9.59. The van der Waals surface area contributed by atoms with Crippen molar-refractivity contribution in [2.75, 3.05) is 20.2 Å². The summed E-state index contributed by atoms with van der Waals surface area (Å²) in [5.74, 6) is 0. The van der Waals surface area contributed by atoms with E-state index in [1.807, 2.05) is 35.4 Å². The molecule has 2 aromatic carbocycles. The molecule has 0 saturated heterocycles. The van der Waals surface area contributed by atoms with E-state index in [-0.39, 0.29) is 6.61 Å². The van der Waals surface area contributed by atoms with Crippen LogP contribution in [0.1, 0.15) is 12.8 Å².